The summed E-state index contributed by atoms with van der Waals surface area (Å²) in [6.07, 6.45) is 3.69. The second kappa shape index (κ2) is 7.31. The second-order valence-electron chi connectivity index (χ2n) is 8.47. The molecule has 0 N–H and O–H groups in total. The number of allylic oxidation sites excluding steroid dienone is 1. The van der Waals surface area contributed by atoms with Crippen LogP contribution < -0.4 is 14.9 Å². The minimum absolute atomic E-state index is 0.0150. The lowest BCUT2D eigenvalue weighted by Gasteiger charge is -2.30. The van der Waals surface area contributed by atoms with Crippen LogP contribution >= 0.6 is 11.3 Å². The predicted molar refractivity (Wildman–Crippen MR) is 127 cm³/mol. The van der Waals surface area contributed by atoms with Gasteiger partial charge in [-0.15, -0.1) is 0 Å². The summed E-state index contributed by atoms with van der Waals surface area (Å²) in [5.74, 6) is 1.52. The Morgan fingerprint density at radius 1 is 1.03 bits per heavy atom. The zero-order chi connectivity index (χ0) is 21.8. The summed E-state index contributed by atoms with van der Waals surface area (Å²) < 4.78 is 8.22. The quantitative estimate of drug-likeness (QED) is 0.462. The first-order valence-electron chi connectivity index (χ1n) is 10.8. The van der Waals surface area contributed by atoms with Gasteiger partial charge in [0.15, 0.2) is 4.80 Å². The van der Waals surface area contributed by atoms with Crippen molar-refractivity contribution in [3.05, 3.63) is 120 Å². The second-order valence-corrected chi connectivity index (χ2v) is 9.48. The Bertz CT molecular complexity index is 1560. The SMILES string of the molecule is Cc1ccc(C2C3=C(N=c4s/c(=C/c5ccc(C)o5)c(=O)n42)c2ccccc2CC3)cc1. The third-order valence-corrected chi connectivity index (χ3v) is 7.28. The summed E-state index contributed by atoms with van der Waals surface area (Å²) in [4.78, 5) is 19.4. The van der Waals surface area contributed by atoms with Gasteiger partial charge in [0.25, 0.3) is 5.56 Å². The third-order valence-electron chi connectivity index (χ3n) is 6.30. The highest BCUT2D eigenvalue weighted by molar-refractivity contribution is 7.07. The van der Waals surface area contributed by atoms with E-state index in [-0.39, 0.29) is 11.6 Å². The topological polar surface area (TPSA) is 47.5 Å². The third kappa shape index (κ3) is 3.04. The fourth-order valence-corrected chi connectivity index (χ4v) is 5.71. The van der Waals surface area contributed by atoms with E-state index in [4.69, 9.17) is 9.41 Å². The molecule has 2 aliphatic rings. The number of rotatable bonds is 2. The Kier molecular flexibility index (Phi) is 4.40. The molecule has 2 aromatic heterocycles. The number of aromatic nitrogens is 1. The number of furan rings is 1. The Morgan fingerprint density at radius 3 is 2.62 bits per heavy atom. The lowest BCUT2D eigenvalue weighted by atomic mass is 9.83. The molecule has 1 unspecified atom stereocenters. The molecule has 4 nitrogen and oxygen atoms in total. The van der Waals surface area contributed by atoms with E-state index >= 15 is 0 Å². The van der Waals surface area contributed by atoms with Gasteiger partial charge in [0.2, 0.25) is 0 Å². The van der Waals surface area contributed by atoms with Gasteiger partial charge in [0, 0.05) is 11.6 Å². The van der Waals surface area contributed by atoms with Crippen molar-refractivity contribution in [2.24, 2.45) is 4.99 Å². The fourth-order valence-electron chi connectivity index (χ4n) is 4.73. The van der Waals surface area contributed by atoms with E-state index < -0.39 is 0 Å². The average Bonchev–Trinajstić information content (AvgIpc) is 3.35. The summed E-state index contributed by atoms with van der Waals surface area (Å²) >= 11 is 1.43. The van der Waals surface area contributed by atoms with Gasteiger partial charge in [-0.25, -0.2) is 4.99 Å². The molecule has 0 saturated heterocycles. The van der Waals surface area contributed by atoms with E-state index in [0.29, 0.717) is 10.3 Å². The minimum atomic E-state index is -0.143. The molecule has 158 valence electrons. The molecule has 1 atom stereocenters. The van der Waals surface area contributed by atoms with Crippen LogP contribution in [0.2, 0.25) is 0 Å². The van der Waals surface area contributed by atoms with Crippen LogP contribution in [0.15, 0.2) is 80.4 Å². The van der Waals surface area contributed by atoms with Gasteiger partial charge >= 0.3 is 0 Å². The Balaban J connectivity index is 1.64. The zero-order valence-corrected chi connectivity index (χ0v) is 18.8. The van der Waals surface area contributed by atoms with Crippen molar-refractivity contribution in [2.75, 3.05) is 0 Å². The Morgan fingerprint density at radius 2 is 1.84 bits per heavy atom. The molecule has 0 amide bonds. The van der Waals surface area contributed by atoms with E-state index in [1.54, 1.807) is 0 Å². The number of benzene rings is 2. The molecule has 2 aromatic carbocycles. The molecule has 0 bridgehead atoms. The Hall–Kier alpha value is -3.44. The molecule has 0 radical (unpaired) electrons. The maximum Gasteiger partial charge on any atom is 0.271 e. The highest BCUT2D eigenvalue weighted by atomic mass is 32.1. The van der Waals surface area contributed by atoms with Crippen LogP contribution in [0.1, 0.15) is 46.2 Å². The molecule has 1 aliphatic heterocycles. The van der Waals surface area contributed by atoms with Crippen LogP contribution in [0.25, 0.3) is 11.8 Å². The summed E-state index contributed by atoms with van der Waals surface area (Å²) in [7, 11) is 0. The van der Waals surface area contributed by atoms with Gasteiger partial charge in [-0.1, -0.05) is 65.4 Å². The molecule has 32 heavy (non-hydrogen) atoms. The molecule has 1 aliphatic carbocycles. The van der Waals surface area contributed by atoms with Crippen molar-refractivity contribution in [1.29, 1.82) is 0 Å². The summed E-state index contributed by atoms with van der Waals surface area (Å²) in [5, 5.41) is 0. The number of nitrogens with zero attached hydrogens (tertiary/aromatic N) is 2. The lowest BCUT2D eigenvalue weighted by molar-refractivity contribution is 0.524. The van der Waals surface area contributed by atoms with Crippen LogP contribution in [0.4, 0.5) is 0 Å². The molecule has 6 rings (SSSR count). The molecule has 4 aromatic rings. The molecule has 0 spiro atoms. The molecule has 0 fully saturated rings. The van der Waals surface area contributed by atoms with Gasteiger partial charge in [-0.3, -0.25) is 9.36 Å². The molecular weight excluding hydrogens is 416 g/mol. The summed E-state index contributed by atoms with van der Waals surface area (Å²) in [5.41, 5.74) is 7.07. The number of hydrogen-bond donors (Lipinski definition) is 0. The first-order chi connectivity index (χ1) is 15.6. The number of thiazole rings is 1. The zero-order valence-electron chi connectivity index (χ0n) is 18.0. The summed E-state index contributed by atoms with van der Waals surface area (Å²) in [6, 6.07) is 20.7. The van der Waals surface area contributed by atoms with E-state index in [1.807, 2.05) is 29.7 Å². The van der Waals surface area contributed by atoms with Crippen molar-refractivity contribution in [3.63, 3.8) is 0 Å². The van der Waals surface area contributed by atoms with Gasteiger partial charge in [0.05, 0.1) is 16.3 Å². The van der Waals surface area contributed by atoms with Crippen molar-refractivity contribution in [1.82, 2.24) is 4.57 Å². The van der Waals surface area contributed by atoms with Crippen LogP contribution in [0, 0.1) is 13.8 Å². The first-order valence-corrected chi connectivity index (χ1v) is 11.7. The minimum Gasteiger partial charge on any atom is -0.462 e. The van der Waals surface area contributed by atoms with Crippen LogP contribution in [0.5, 0.6) is 0 Å². The molecule has 0 saturated carbocycles. The van der Waals surface area contributed by atoms with E-state index in [2.05, 4.69) is 55.5 Å². The number of hydrogen-bond acceptors (Lipinski definition) is 4. The predicted octanol–water partition coefficient (Wildman–Crippen LogP) is 4.53. The normalized spacial score (nSPS) is 17.6. The molecular formula is C27H22N2O2S. The highest BCUT2D eigenvalue weighted by Crippen LogP contribution is 2.41. The maximum atomic E-state index is 13.6. The first kappa shape index (κ1) is 19.3. The lowest BCUT2D eigenvalue weighted by Crippen LogP contribution is -2.38. The van der Waals surface area contributed by atoms with E-state index in [0.717, 1.165) is 34.7 Å². The number of aryl methyl sites for hydroxylation is 3. The Labute approximate surface area is 189 Å². The van der Waals surface area contributed by atoms with Crippen molar-refractivity contribution in [2.45, 2.75) is 32.7 Å². The van der Waals surface area contributed by atoms with Crippen LogP contribution in [-0.2, 0) is 6.42 Å². The smallest absolute Gasteiger partial charge is 0.271 e. The standard InChI is InChI=1S/C27H22N2O2S/c1-16-7-10-19(11-8-16)25-22-14-12-18-5-3-4-6-21(18)24(22)28-27-29(25)26(30)23(32-27)15-20-13-9-17(2)31-20/h3-11,13,15,25H,12,14H2,1-2H3/b23-15+. The molecule has 5 heteroatoms. The van der Waals surface area contributed by atoms with Gasteiger partial charge in [-0.2, -0.15) is 0 Å². The number of fused-ring (bicyclic) bond motifs is 3. The van der Waals surface area contributed by atoms with Gasteiger partial charge in [0.1, 0.15) is 11.5 Å². The van der Waals surface area contributed by atoms with Gasteiger partial charge < -0.3 is 4.42 Å². The average molecular weight is 439 g/mol. The van der Waals surface area contributed by atoms with Crippen molar-refractivity contribution in [3.8, 4) is 0 Å². The van der Waals surface area contributed by atoms with E-state index in [9.17, 15) is 4.79 Å². The van der Waals surface area contributed by atoms with Crippen molar-refractivity contribution >= 4 is 23.1 Å². The van der Waals surface area contributed by atoms with Crippen LogP contribution in [-0.4, -0.2) is 4.57 Å². The largest absolute Gasteiger partial charge is 0.462 e. The monoisotopic (exact) mass is 438 g/mol. The maximum absolute atomic E-state index is 13.6. The fraction of sp³-hybridized carbons (Fsp3) is 0.185. The summed E-state index contributed by atoms with van der Waals surface area (Å²) in [6.45, 7) is 3.99. The highest BCUT2D eigenvalue weighted by Gasteiger charge is 2.32. The van der Waals surface area contributed by atoms with E-state index in [1.165, 1.54) is 33.6 Å². The van der Waals surface area contributed by atoms with Crippen molar-refractivity contribution < 1.29 is 4.42 Å². The van der Waals surface area contributed by atoms with Gasteiger partial charge in [-0.05, 0) is 55.5 Å². The van der Waals surface area contributed by atoms with Crippen LogP contribution in [0.3, 0.4) is 0 Å². The molecule has 3 heterocycles.